The Hall–Kier alpha value is -0.910. The van der Waals surface area contributed by atoms with Crippen LogP contribution >= 0.6 is 0 Å². The molecule has 16 heavy (non-hydrogen) atoms. The summed E-state index contributed by atoms with van der Waals surface area (Å²) in [5.74, 6) is -0.981. The lowest BCUT2D eigenvalue weighted by Crippen LogP contribution is -2.21. The normalized spacial score (nSPS) is 10.2. The molecule has 0 aromatic carbocycles. The van der Waals surface area contributed by atoms with Crippen LogP contribution in [0.1, 0.15) is 26.2 Å². The van der Waals surface area contributed by atoms with Gasteiger partial charge in [-0.05, 0) is 24.7 Å². The number of rotatable bonds is 7. The molecule has 0 unspecified atom stereocenters. The van der Waals surface area contributed by atoms with Gasteiger partial charge in [0.2, 0.25) is 0 Å². The van der Waals surface area contributed by atoms with E-state index in [9.17, 15) is 4.79 Å². The Balaban J connectivity index is 0. The van der Waals surface area contributed by atoms with Crippen molar-refractivity contribution in [2.24, 2.45) is 5.41 Å². The number of carboxylic acids is 1. The third-order valence-corrected chi connectivity index (χ3v) is 2.32. The first-order chi connectivity index (χ1) is 7.45. The standard InChI is InChI=1S/C8H18O3.C3H4O2/c1-8(2-5-9,3-6-10)4-7-11;1-2-3(4)5/h9-11H,2-7H2,1H3;2H,1H2,(H,4,5). The number of carboxylic acid groups (broad SMARTS) is 1. The van der Waals surface area contributed by atoms with E-state index in [1.807, 2.05) is 6.92 Å². The number of hydrogen-bond acceptors (Lipinski definition) is 4. The largest absolute Gasteiger partial charge is 0.478 e. The second kappa shape index (κ2) is 10.6. The smallest absolute Gasteiger partial charge is 0.327 e. The van der Waals surface area contributed by atoms with Crippen LogP contribution in [0.4, 0.5) is 0 Å². The van der Waals surface area contributed by atoms with E-state index in [0.717, 1.165) is 6.08 Å². The summed E-state index contributed by atoms with van der Waals surface area (Å²) in [7, 11) is 0. The van der Waals surface area contributed by atoms with Crippen molar-refractivity contribution in [2.75, 3.05) is 19.8 Å². The zero-order chi connectivity index (χ0) is 13.0. The molecule has 0 aromatic heterocycles. The van der Waals surface area contributed by atoms with Crippen molar-refractivity contribution in [1.82, 2.24) is 0 Å². The fourth-order valence-corrected chi connectivity index (χ4v) is 1.18. The van der Waals surface area contributed by atoms with Gasteiger partial charge in [-0.2, -0.15) is 0 Å². The third-order valence-electron chi connectivity index (χ3n) is 2.32. The monoisotopic (exact) mass is 234 g/mol. The van der Waals surface area contributed by atoms with E-state index in [1.165, 1.54) is 0 Å². The lowest BCUT2D eigenvalue weighted by atomic mass is 9.81. The van der Waals surface area contributed by atoms with Crippen molar-refractivity contribution in [3.8, 4) is 0 Å². The highest BCUT2D eigenvalue weighted by Crippen LogP contribution is 2.28. The summed E-state index contributed by atoms with van der Waals surface area (Å²) in [4.78, 5) is 9.25. The number of aliphatic carboxylic acids is 1. The van der Waals surface area contributed by atoms with E-state index >= 15 is 0 Å². The maximum atomic E-state index is 9.25. The van der Waals surface area contributed by atoms with Crippen LogP contribution in [-0.2, 0) is 4.79 Å². The van der Waals surface area contributed by atoms with Gasteiger partial charge in [0, 0.05) is 25.9 Å². The molecule has 0 spiro atoms. The number of hydrogen-bond donors (Lipinski definition) is 4. The minimum atomic E-state index is -0.981. The minimum Gasteiger partial charge on any atom is -0.478 e. The fourth-order valence-electron chi connectivity index (χ4n) is 1.18. The number of aliphatic hydroxyl groups excluding tert-OH is 3. The Morgan fingerprint density at radius 3 is 1.50 bits per heavy atom. The average molecular weight is 234 g/mol. The van der Waals surface area contributed by atoms with Gasteiger partial charge in [-0.3, -0.25) is 0 Å². The van der Waals surface area contributed by atoms with Crippen LogP contribution in [0.3, 0.4) is 0 Å². The van der Waals surface area contributed by atoms with Crippen molar-refractivity contribution in [2.45, 2.75) is 26.2 Å². The van der Waals surface area contributed by atoms with E-state index in [2.05, 4.69) is 6.58 Å². The zero-order valence-corrected chi connectivity index (χ0v) is 9.72. The van der Waals surface area contributed by atoms with Crippen LogP contribution in [0.15, 0.2) is 12.7 Å². The summed E-state index contributed by atoms with van der Waals surface area (Å²) in [5.41, 5.74) is -0.0990. The van der Waals surface area contributed by atoms with Gasteiger partial charge in [0.1, 0.15) is 0 Å². The molecule has 0 saturated heterocycles. The maximum Gasteiger partial charge on any atom is 0.327 e. The van der Waals surface area contributed by atoms with E-state index in [1.54, 1.807) is 0 Å². The van der Waals surface area contributed by atoms with Crippen LogP contribution in [0, 0.1) is 5.41 Å². The predicted octanol–water partition coefficient (Wildman–Crippen LogP) is 0.397. The van der Waals surface area contributed by atoms with Crippen molar-refractivity contribution in [3.63, 3.8) is 0 Å². The number of aliphatic hydroxyl groups is 3. The Morgan fingerprint density at radius 1 is 1.12 bits per heavy atom. The van der Waals surface area contributed by atoms with Gasteiger partial charge in [0.15, 0.2) is 0 Å². The first-order valence-electron chi connectivity index (χ1n) is 5.13. The zero-order valence-electron chi connectivity index (χ0n) is 9.72. The molecule has 0 fully saturated rings. The van der Waals surface area contributed by atoms with Crippen molar-refractivity contribution >= 4 is 5.97 Å². The summed E-state index contributed by atoms with van der Waals surface area (Å²) < 4.78 is 0. The highest BCUT2D eigenvalue weighted by atomic mass is 16.4. The van der Waals surface area contributed by atoms with Crippen LogP contribution < -0.4 is 0 Å². The molecule has 0 atom stereocenters. The first-order valence-corrected chi connectivity index (χ1v) is 5.13. The molecule has 96 valence electrons. The van der Waals surface area contributed by atoms with E-state index < -0.39 is 5.97 Å². The summed E-state index contributed by atoms with van der Waals surface area (Å²) in [6, 6.07) is 0. The van der Waals surface area contributed by atoms with Gasteiger partial charge in [-0.1, -0.05) is 13.5 Å². The molecule has 5 heteroatoms. The van der Waals surface area contributed by atoms with Gasteiger partial charge < -0.3 is 20.4 Å². The van der Waals surface area contributed by atoms with Crippen molar-refractivity contribution in [3.05, 3.63) is 12.7 Å². The highest BCUT2D eigenvalue weighted by Gasteiger charge is 2.21. The second-order valence-corrected chi connectivity index (χ2v) is 3.77. The molecular weight excluding hydrogens is 212 g/mol. The Labute approximate surface area is 96.0 Å². The van der Waals surface area contributed by atoms with Gasteiger partial charge in [0.25, 0.3) is 0 Å². The lowest BCUT2D eigenvalue weighted by molar-refractivity contribution is -0.131. The summed E-state index contributed by atoms with van der Waals surface area (Å²) in [6.07, 6.45) is 2.77. The molecule has 0 saturated carbocycles. The number of carbonyl (C=O) groups is 1. The molecule has 0 aliphatic heterocycles. The Morgan fingerprint density at radius 2 is 1.38 bits per heavy atom. The Kier molecular flexibility index (Phi) is 11.6. The molecule has 0 aromatic rings. The quantitative estimate of drug-likeness (QED) is 0.478. The molecule has 0 aliphatic rings. The van der Waals surface area contributed by atoms with Gasteiger partial charge in [-0.25, -0.2) is 4.79 Å². The van der Waals surface area contributed by atoms with E-state index in [0.29, 0.717) is 19.3 Å². The highest BCUT2D eigenvalue weighted by molar-refractivity contribution is 5.78. The molecule has 0 bridgehead atoms. The van der Waals surface area contributed by atoms with Crippen LogP contribution in [0.2, 0.25) is 0 Å². The van der Waals surface area contributed by atoms with Gasteiger partial charge in [-0.15, -0.1) is 0 Å². The van der Waals surface area contributed by atoms with Crippen molar-refractivity contribution in [1.29, 1.82) is 0 Å². The second-order valence-electron chi connectivity index (χ2n) is 3.77. The molecule has 0 rings (SSSR count). The molecule has 5 nitrogen and oxygen atoms in total. The van der Waals surface area contributed by atoms with Crippen LogP contribution in [0.25, 0.3) is 0 Å². The Bertz CT molecular complexity index is 174. The summed E-state index contributed by atoms with van der Waals surface area (Å²) in [6.45, 7) is 5.29. The predicted molar refractivity (Wildman–Crippen MR) is 61.0 cm³/mol. The van der Waals surface area contributed by atoms with Crippen LogP contribution in [0.5, 0.6) is 0 Å². The fraction of sp³-hybridized carbons (Fsp3) is 0.727. The lowest BCUT2D eigenvalue weighted by Gasteiger charge is -2.26. The minimum absolute atomic E-state index is 0.0990. The topological polar surface area (TPSA) is 98.0 Å². The average Bonchev–Trinajstić information content (AvgIpc) is 2.19. The summed E-state index contributed by atoms with van der Waals surface area (Å²) in [5, 5.41) is 33.7. The van der Waals surface area contributed by atoms with Crippen LogP contribution in [-0.4, -0.2) is 46.2 Å². The maximum absolute atomic E-state index is 9.25. The molecule has 4 N–H and O–H groups in total. The molecule has 0 heterocycles. The molecule has 0 radical (unpaired) electrons. The van der Waals surface area contributed by atoms with Gasteiger partial charge in [0.05, 0.1) is 0 Å². The van der Waals surface area contributed by atoms with Gasteiger partial charge >= 0.3 is 5.97 Å². The van der Waals surface area contributed by atoms with E-state index in [-0.39, 0.29) is 25.2 Å². The summed E-state index contributed by atoms with van der Waals surface area (Å²) >= 11 is 0. The SMILES string of the molecule is C=CC(=O)O.CC(CCO)(CCO)CCO. The molecule has 0 aliphatic carbocycles. The molecular formula is C11H22O5. The molecule has 0 amide bonds. The third kappa shape index (κ3) is 11.2. The van der Waals surface area contributed by atoms with E-state index in [4.69, 9.17) is 20.4 Å². The first kappa shape index (κ1) is 17.5. The van der Waals surface area contributed by atoms with Crippen molar-refractivity contribution < 1.29 is 25.2 Å².